The predicted molar refractivity (Wildman–Crippen MR) is 94.1 cm³/mol. The van der Waals surface area contributed by atoms with Crippen LogP contribution in [0.2, 0.25) is 0 Å². The van der Waals surface area contributed by atoms with Gasteiger partial charge in [0.1, 0.15) is 18.1 Å². The second-order valence-electron chi connectivity index (χ2n) is 5.82. The van der Waals surface area contributed by atoms with Crippen molar-refractivity contribution in [2.45, 2.75) is 13.1 Å². The molecule has 4 rings (SSSR count). The van der Waals surface area contributed by atoms with Gasteiger partial charge in [-0.1, -0.05) is 18.2 Å². The Bertz CT molecular complexity index is 1150. The third-order valence-corrected chi connectivity index (χ3v) is 3.98. The summed E-state index contributed by atoms with van der Waals surface area (Å²) >= 11 is 0. The summed E-state index contributed by atoms with van der Waals surface area (Å²) in [5.41, 5.74) is 7.13. The number of carboxylic acid groups (broad SMARTS) is 1. The van der Waals surface area contributed by atoms with Gasteiger partial charge in [0.25, 0.3) is 0 Å². The first-order chi connectivity index (χ1) is 13.0. The van der Waals surface area contributed by atoms with Crippen LogP contribution >= 0.6 is 0 Å². The molecule has 3 heterocycles. The van der Waals surface area contributed by atoms with E-state index in [1.807, 2.05) is 0 Å². The molecular weight excluding hydrogens is 353 g/mol. The van der Waals surface area contributed by atoms with Gasteiger partial charge in [0.15, 0.2) is 5.65 Å². The zero-order valence-corrected chi connectivity index (χ0v) is 13.9. The summed E-state index contributed by atoms with van der Waals surface area (Å²) in [4.78, 5) is 19.3. The number of nitrogens with zero attached hydrogens (tertiary/aromatic N) is 6. The fraction of sp³-hybridized carbons (Fsp3) is 0.118. The molecule has 0 fully saturated rings. The number of halogens is 1. The van der Waals surface area contributed by atoms with E-state index in [4.69, 9.17) is 10.8 Å². The van der Waals surface area contributed by atoms with Crippen molar-refractivity contribution in [3.05, 3.63) is 54.0 Å². The Morgan fingerprint density at radius 3 is 2.74 bits per heavy atom. The van der Waals surface area contributed by atoms with Crippen LogP contribution in [-0.2, 0) is 17.9 Å². The predicted octanol–water partition coefficient (Wildman–Crippen LogP) is 1.54. The SMILES string of the molecule is Nc1nc(-c2nn(Cc3ccccc3F)c3ncccc23)nn1CC(=O)O. The molecule has 0 amide bonds. The van der Waals surface area contributed by atoms with Gasteiger partial charge in [0.05, 0.1) is 11.9 Å². The maximum Gasteiger partial charge on any atom is 0.325 e. The molecule has 0 aliphatic rings. The number of aromatic nitrogens is 6. The fourth-order valence-corrected chi connectivity index (χ4v) is 2.77. The van der Waals surface area contributed by atoms with Crippen LogP contribution in [0, 0.1) is 5.82 Å². The normalized spacial score (nSPS) is 11.1. The number of carbonyl (C=O) groups is 1. The zero-order valence-electron chi connectivity index (χ0n) is 13.9. The van der Waals surface area contributed by atoms with Crippen molar-refractivity contribution in [1.82, 2.24) is 29.5 Å². The molecule has 0 atom stereocenters. The molecule has 0 saturated carbocycles. The molecule has 0 aliphatic heterocycles. The summed E-state index contributed by atoms with van der Waals surface area (Å²) in [6, 6.07) is 9.93. The average Bonchev–Trinajstić information content (AvgIpc) is 3.18. The molecule has 1 aromatic carbocycles. The van der Waals surface area contributed by atoms with Gasteiger partial charge in [-0.15, -0.1) is 5.10 Å². The van der Waals surface area contributed by atoms with E-state index in [0.29, 0.717) is 22.3 Å². The van der Waals surface area contributed by atoms with Crippen LogP contribution in [0.1, 0.15) is 5.56 Å². The molecule has 0 saturated heterocycles. The third kappa shape index (κ3) is 3.08. The van der Waals surface area contributed by atoms with Gasteiger partial charge in [-0.05, 0) is 18.2 Å². The number of fused-ring (bicyclic) bond motifs is 1. The summed E-state index contributed by atoms with van der Waals surface area (Å²) in [6.45, 7) is -0.240. The number of nitrogens with two attached hydrogens (primary N) is 1. The second-order valence-corrected chi connectivity index (χ2v) is 5.82. The van der Waals surface area contributed by atoms with Gasteiger partial charge >= 0.3 is 5.97 Å². The Morgan fingerprint density at radius 1 is 1.15 bits per heavy atom. The summed E-state index contributed by atoms with van der Waals surface area (Å²) in [6.07, 6.45) is 1.61. The molecule has 27 heavy (non-hydrogen) atoms. The van der Waals surface area contributed by atoms with Gasteiger partial charge in [-0.3, -0.25) is 4.79 Å². The third-order valence-electron chi connectivity index (χ3n) is 3.98. The molecule has 10 heteroatoms. The second kappa shape index (κ2) is 6.48. The lowest BCUT2D eigenvalue weighted by molar-refractivity contribution is -0.137. The number of pyridine rings is 1. The highest BCUT2D eigenvalue weighted by Gasteiger charge is 2.19. The highest BCUT2D eigenvalue weighted by atomic mass is 19.1. The molecule has 3 N–H and O–H groups in total. The van der Waals surface area contributed by atoms with Crippen LogP contribution in [0.5, 0.6) is 0 Å². The monoisotopic (exact) mass is 367 g/mol. The van der Waals surface area contributed by atoms with Gasteiger partial charge in [0, 0.05) is 11.8 Å². The van der Waals surface area contributed by atoms with Gasteiger partial charge < -0.3 is 10.8 Å². The first-order valence-corrected chi connectivity index (χ1v) is 8.00. The summed E-state index contributed by atoms with van der Waals surface area (Å²) in [5, 5.41) is 18.2. The van der Waals surface area contributed by atoms with E-state index < -0.39 is 12.5 Å². The lowest BCUT2D eigenvalue weighted by Gasteiger charge is -2.04. The van der Waals surface area contributed by atoms with Crippen molar-refractivity contribution in [3.63, 3.8) is 0 Å². The number of hydrogen-bond donors (Lipinski definition) is 2. The topological polar surface area (TPSA) is 125 Å². The van der Waals surface area contributed by atoms with Crippen LogP contribution in [0.25, 0.3) is 22.6 Å². The molecular formula is C17H14FN7O2. The Labute approximate surface area is 151 Å². The molecule has 0 radical (unpaired) electrons. The van der Waals surface area contributed by atoms with E-state index in [1.165, 1.54) is 6.07 Å². The molecule has 3 aromatic heterocycles. The van der Waals surface area contributed by atoms with Gasteiger partial charge in [-0.25, -0.2) is 18.7 Å². The summed E-state index contributed by atoms with van der Waals surface area (Å²) in [5.74, 6) is -1.28. The molecule has 0 spiro atoms. The van der Waals surface area contributed by atoms with Gasteiger partial charge in [0.2, 0.25) is 11.8 Å². The Morgan fingerprint density at radius 2 is 1.96 bits per heavy atom. The number of carboxylic acids is 1. The first-order valence-electron chi connectivity index (χ1n) is 8.00. The standard InChI is InChI=1S/C17H14FN7O2/c18-12-6-2-1-4-10(12)8-24-16-11(5-3-7-20-16)14(22-24)15-21-17(19)25(23-15)9-13(26)27/h1-7H,8-9H2,(H,26,27)(H2,19,21,23). The number of aliphatic carboxylic acids is 1. The van der Waals surface area contributed by atoms with Crippen molar-refractivity contribution < 1.29 is 14.3 Å². The number of nitrogen functional groups attached to an aromatic ring is 1. The maximum absolute atomic E-state index is 14.0. The minimum Gasteiger partial charge on any atom is -0.480 e. The number of hydrogen-bond acceptors (Lipinski definition) is 6. The molecule has 0 bridgehead atoms. The first kappa shape index (κ1) is 16.6. The van der Waals surface area contributed by atoms with Crippen molar-refractivity contribution >= 4 is 23.0 Å². The minimum atomic E-state index is -1.09. The van der Waals surface area contributed by atoms with E-state index >= 15 is 0 Å². The number of rotatable bonds is 5. The lowest BCUT2D eigenvalue weighted by atomic mass is 10.2. The molecule has 136 valence electrons. The lowest BCUT2D eigenvalue weighted by Crippen LogP contribution is -2.12. The number of benzene rings is 1. The molecule has 4 aromatic rings. The highest BCUT2D eigenvalue weighted by molar-refractivity contribution is 5.89. The summed E-state index contributed by atoms with van der Waals surface area (Å²) in [7, 11) is 0. The fourth-order valence-electron chi connectivity index (χ4n) is 2.77. The average molecular weight is 367 g/mol. The van der Waals surface area contributed by atoms with E-state index in [9.17, 15) is 9.18 Å². The van der Waals surface area contributed by atoms with Crippen molar-refractivity contribution in [2.24, 2.45) is 0 Å². The highest BCUT2D eigenvalue weighted by Crippen LogP contribution is 2.26. The van der Waals surface area contributed by atoms with Crippen LogP contribution in [0.15, 0.2) is 42.6 Å². The quantitative estimate of drug-likeness (QED) is 0.548. The van der Waals surface area contributed by atoms with Crippen LogP contribution < -0.4 is 5.73 Å². The van der Waals surface area contributed by atoms with E-state index in [1.54, 1.807) is 41.2 Å². The summed E-state index contributed by atoms with van der Waals surface area (Å²) < 4.78 is 16.7. The van der Waals surface area contributed by atoms with E-state index in [0.717, 1.165) is 4.68 Å². The van der Waals surface area contributed by atoms with Crippen LogP contribution in [0.4, 0.5) is 10.3 Å². The molecule has 0 aliphatic carbocycles. The van der Waals surface area contributed by atoms with Crippen LogP contribution in [-0.4, -0.2) is 40.6 Å². The zero-order chi connectivity index (χ0) is 19.0. The van der Waals surface area contributed by atoms with Crippen LogP contribution in [0.3, 0.4) is 0 Å². The van der Waals surface area contributed by atoms with E-state index in [2.05, 4.69) is 20.2 Å². The molecule has 0 unspecified atom stereocenters. The van der Waals surface area contributed by atoms with Crippen molar-refractivity contribution in [2.75, 3.05) is 5.73 Å². The van der Waals surface area contributed by atoms with Crippen molar-refractivity contribution in [1.29, 1.82) is 0 Å². The Hall–Kier alpha value is -3.82. The Balaban J connectivity index is 1.81. The largest absolute Gasteiger partial charge is 0.480 e. The maximum atomic E-state index is 14.0. The van der Waals surface area contributed by atoms with Crippen molar-refractivity contribution in [3.8, 4) is 11.5 Å². The molecule has 9 nitrogen and oxygen atoms in total. The smallest absolute Gasteiger partial charge is 0.325 e. The Kier molecular flexibility index (Phi) is 3.99. The van der Waals surface area contributed by atoms with Gasteiger partial charge in [-0.2, -0.15) is 10.1 Å². The minimum absolute atomic E-state index is 0.0342. The van der Waals surface area contributed by atoms with E-state index in [-0.39, 0.29) is 24.1 Å². The number of anilines is 1.